The first-order chi connectivity index (χ1) is 10.5. The van der Waals surface area contributed by atoms with E-state index in [1.54, 1.807) is 37.0 Å². The fourth-order valence-corrected chi connectivity index (χ4v) is 2.41. The zero-order chi connectivity index (χ0) is 16.3. The highest BCUT2D eigenvalue weighted by Gasteiger charge is 2.14. The second kappa shape index (κ2) is 6.47. The van der Waals surface area contributed by atoms with Crippen LogP contribution in [-0.2, 0) is 6.54 Å². The molecule has 2 aromatic rings. The minimum Gasteiger partial charge on any atom is -0.493 e. The summed E-state index contributed by atoms with van der Waals surface area (Å²) in [4.78, 5) is 23.9. The van der Waals surface area contributed by atoms with E-state index in [-0.39, 0.29) is 16.9 Å². The fraction of sp³-hybridized carbons (Fsp3) is 0.294. The van der Waals surface area contributed by atoms with Crippen LogP contribution in [0.15, 0.2) is 35.1 Å². The van der Waals surface area contributed by atoms with Gasteiger partial charge in [0.05, 0.1) is 25.5 Å². The van der Waals surface area contributed by atoms with Crippen molar-refractivity contribution in [2.45, 2.75) is 20.4 Å². The Morgan fingerprint density at radius 1 is 1.09 bits per heavy atom. The molecule has 0 spiro atoms. The third kappa shape index (κ3) is 2.74. The summed E-state index contributed by atoms with van der Waals surface area (Å²) in [6, 6.07) is 8.81. The van der Waals surface area contributed by atoms with Crippen LogP contribution in [0.2, 0.25) is 0 Å². The van der Waals surface area contributed by atoms with Gasteiger partial charge in [-0.1, -0.05) is 0 Å². The molecule has 0 amide bonds. The lowest BCUT2D eigenvalue weighted by atomic mass is 10.1. The molecule has 1 aromatic heterocycles. The first-order valence-corrected chi connectivity index (χ1v) is 7.00. The number of ether oxygens (including phenoxy) is 2. The highest BCUT2D eigenvalue weighted by molar-refractivity contribution is 5.94. The van der Waals surface area contributed by atoms with Crippen molar-refractivity contribution in [3.05, 3.63) is 46.2 Å². The van der Waals surface area contributed by atoms with Crippen LogP contribution in [0, 0.1) is 0 Å². The maximum atomic E-state index is 12.4. The number of nitrogens with zero attached hydrogens (tertiary/aromatic N) is 1. The number of methoxy groups -OCH3 is 2. The smallest absolute Gasteiger partial charge is 0.261 e. The predicted molar refractivity (Wildman–Crippen MR) is 84.9 cm³/mol. The Bertz CT molecular complexity index is 762. The molecule has 22 heavy (non-hydrogen) atoms. The van der Waals surface area contributed by atoms with Crippen LogP contribution in [-0.4, -0.2) is 24.6 Å². The summed E-state index contributed by atoms with van der Waals surface area (Å²) in [5.41, 5.74) is 1.48. The number of aromatic nitrogens is 1. The molecular formula is C17H19NO4. The fourth-order valence-electron chi connectivity index (χ4n) is 2.41. The molecule has 0 atom stereocenters. The lowest BCUT2D eigenvalue weighted by molar-refractivity contribution is 0.101. The maximum absolute atomic E-state index is 12.4. The van der Waals surface area contributed by atoms with E-state index in [2.05, 4.69) is 0 Å². The third-order valence-corrected chi connectivity index (χ3v) is 3.55. The minimum absolute atomic E-state index is 0.200. The molecule has 0 saturated heterocycles. The van der Waals surface area contributed by atoms with Gasteiger partial charge < -0.3 is 14.0 Å². The summed E-state index contributed by atoms with van der Waals surface area (Å²) in [5, 5.41) is 0. The average Bonchev–Trinajstić information content (AvgIpc) is 2.53. The van der Waals surface area contributed by atoms with E-state index in [1.807, 2.05) is 19.1 Å². The van der Waals surface area contributed by atoms with Crippen molar-refractivity contribution in [1.29, 1.82) is 0 Å². The second-order valence-electron chi connectivity index (χ2n) is 4.81. The van der Waals surface area contributed by atoms with Crippen LogP contribution in [0.3, 0.4) is 0 Å². The average molecular weight is 301 g/mol. The number of Topliss-reactive ketones (excluding diaryl/α,β-unsaturated/α-hetero) is 1. The first kappa shape index (κ1) is 15.8. The molecular weight excluding hydrogens is 282 g/mol. The number of hydrogen-bond acceptors (Lipinski definition) is 4. The van der Waals surface area contributed by atoms with Crippen LogP contribution in [0.5, 0.6) is 11.5 Å². The van der Waals surface area contributed by atoms with Crippen LogP contribution in [0.25, 0.3) is 11.3 Å². The van der Waals surface area contributed by atoms with Crippen LogP contribution in [0.4, 0.5) is 0 Å². The molecule has 0 aliphatic heterocycles. The Balaban J connectivity index is 2.65. The van der Waals surface area contributed by atoms with Gasteiger partial charge in [0.1, 0.15) is 0 Å². The highest BCUT2D eigenvalue weighted by atomic mass is 16.5. The van der Waals surface area contributed by atoms with Crippen molar-refractivity contribution in [2.24, 2.45) is 0 Å². The number of benzene rings is 1. The Labute approximate surface area is 129 Å². The van der Waals surface area contributed by atoms with E-state index in [0.29, 0.717) is 18.0 Å². The zero-order valence-corrected chi connectivity index (χ0v) is 13.2. The maximum Gasteiger partial charge on any atom is 0.261 e. The molecule has 5 heteroatoms. The van der Waals surface area contributed by atoms with Crippen molar-refractivity contribution >= 4 is 5.78 Å². The SMILES string of the molecule is CCn1c(-c2ccc(OC)c(OC)c2)ccc(C(C)=O)c1=O. The number of carbonyl (C=O) groups excluding carboxylic acids is 1. The van der Waals surface area contributed by atoms with E-state index < -0.39 is 0 Å². The van der Waals surface area contributed by atoms with Crippen molar-refractivity contribution < 1.29 is 14.3 Å². The number of rotatable bonds is 5. The number of carbonyl (C=O) groups is 1. The Morgan fingerprint density at radius 3 is 2.32 bits per heavy atom. The molecule has 5 nitrogen and oxygen atoms in total. The molecule has 0 unspecified atom stereocenters. The van der Waals surface area contributed by atoms with Crippen LogP contribution < -0.4 is 15.0 Å². The normalized spacial score (nSPS) is 10.4. The van der Waals surface area contributed by atoms with Gasteiger partial charge in [0.25, 0.3) is 5.56 Å². The van der Waals surface area contributed by atoms with E-state index >= 15 is 0 Å². The molecule has 116 valence electrons. The standard InChI is InChI=1S/C17H19NO4/c1-5-18-14(8-7-13(11(2)19)17(18)20)12-6-9-15(21-3)16(10-12)22-4/h6-10H,5H2,1-4H3. The lowest BCUT2D eigenvalue weighted by Crippen LogP contribution is -2.26. The van der Waals surface area contributed by atoms with Gasteiger partial charge in [-0.25, -0.2) is 0 Å². The van der Waals surface area contributed by atoms with Crippen molar-refractivity contribution in [1.82, 2.24) is 4.57 Å². The summed E-state index contributed by atoms with van der Waals surface area (Å²) in [5.74, 6) is 0.980. The first-order valence-electron chi connectivity index (χ1n) is 7.00. The van der Waals surface area contributed by atoms with E-state index in [9.17, 15) is 9.59 Å². The minimum atomic E-state index is -0.276. The summed E-state index contributed by atoms with van der Waals surface area (Å²) >= 11 is 0. The molecule has 0 fully saturated rings. The van der Waals surface area contributed by atoms with Gasteiger partial charge in [-0.2, -0.15) is 0 Å². The van der Waals surface area contributed by atoms with Gasteiger partial charge in [0.15, 0.2) is 17.3 Å². The Morgan fingerprint density at radius 2 is 1.77 bits per heavy atom. The topological polar surface area (TPSA) is 57.5 Å². The van der Waals surface area contributed by atoms with Crippen LogP contribution in [0.1, 0.15) is 24.2 Å². The summed E-state index contributed by atoms with van der Waals surface area (Å²) in [7, 11) is 3.13. The highest BCUT2D eigenvalue weighted by Crippen LogP contribution is 2.32. The van der Waals surface area contributed by atoms with Gasteiger partial charge in [0.2, 0.25) is 0 Å². The molecule has 0 saturated carbocycles. The predicted octanol–water partition coefficient (Wildman–Crippen LogP) is 2.76. The van der Waals surface area contributed by atoms with Gasteiger partial charge in [0, 0.05) is 12.1 Å². The number of pyridine rings is 1. The molecule has 2 rings (SSSR count). The lowest BCUT2D eigenvalue weighted by Gasteiger charge is -2.14. The monoisotopic (exact) mass is 301 g/mol. The van der Waals surface area contributed by atoms with Gasteiger partial charge in [-0.15, -0.1) is 0 Å². The molecule has 0 N–H and O–H groups in total. The van der Waals surface area contributed by atoms with E-state index in [4.69, 9.17) is 9.47 Å². The van der Waals surface area contributed by atoms with E-state index in [0.717, 1.165) is 11.3 Å². The summed E-state index contributed by atoms with van der Waals surface area (Å²) < 4.78 is 12.1. The number of ketones is 1. The molecule has 1 heterocycles. The molecule has 0 aliphatic carbocycles. The Hall–Kier alpha value is -2.56. The van der Waals surface area contributed by atoms with Gasteiger partial charge >= 0.3 is 0 Å². The van der Waals surface area contributed by atoms with Crippen molar-refractivity contribution in [3.63, 3.8) is 0 Å². The molecule has 0 bridgehead atoms. The number of hydrogen-bond donors (Lipinski definition) is 0. The Kier molecular flexibility index (Phi) is 4.65. The quantitative estimate of drug-likeness (QED) is 0.797. The zero-order valence-electron chi connectivity index (χ0n) is 13.2. The van der Waals surface area contributed by atoms with Gasteiger partial charge in [-0.05, 0) is 44.2 Å². The van der Waals surface area contributed by atoms with Crippen LogP contribution >= 0.6 is 0 Å². The molecule has 0 radical (unpaired) electrons. The third-order valence-electron chi connectivity index (χ3n) is 3.55. The molecule has 0 aliphatic rings. The van der Waals surface area contributed by atoms with E-state index in [1.165, 1.54) is 6.92 Å². The van der Waals surface area contributed by atoms with Crippen molar-refractivity contribution in [3.8, 4) is 22.8 Å². The summed E-state index contributed by atoms with van der Waals surface area (Å²) in [6.07, 6.45) is 0. The molecule has 1 aromatic carbocycles. The summed E-state index contributed by atoms with van der Waals surface area (Å²) in [6.45, 7) is 3.74. The van der Waals surface area contributed by atoms with Gasteiger partial charge in [-0.3, -0.25) is 9.59 Å². The van der Waals surface area contributed by atoms with Crippen molar-refractivity contribution in [2.75, 3.05) is 14.2 Å². The second-order valence-corrected chi connectivity index (χ2v) is 4.81. The largest absolute Gasteiger partial charge is 0.493 e.